The molecule has 0 bridgehead atoms. The summed E-state index contributed by atoms with van der Waals surface area (Å²) in [4.78, 5) is 21.1. The lowest BCUT2D eigenvalue weighted by atomic mass is 9.91. The van der Waals surface area contributed by atoms with Gasteiger partial charge in [0, 0.05) is 13.5 Å². The average molecular weight is 166 g/mol. The standard InChI is InChI=1S/C9H10O3/c1-12-9(7-11)4-2-3-8(5-9)6-10/h2-4,6-7H,5H2,1H3. The minimum absolute atomic E-state index is 0.326. The second-order valence-electron chi connectivity index (χ2n) is 2.67. The van der Waals surface area contributed by atoms with Gasteiger partial charge in [0.2, 0.25) is 0 Å². The maximum atomic E-state index is 10.7. The SMILES string of the molecule is COC1(C=O)C=CC=C(C=O)C1. The van der Waals surface area contributed by atoms with Crippen molar-refractivity contribution in [1.82, 2.24) is 0 Å². The summed E-state index contributed by atoms with van der Waals surface area (Å²) < 4.78 is 5.01. The van der Waals surface area contributed by atoms with Crippen LogP contribution in [0.3, 0.4) is 0 Å². The second-order valence-corrected chi connectivity index (χ2v) is 2.67. The molecule has 3 nitrogen and oxygen atoms in total. The van der Waals surface area contributed by atoms with E-state index < -0.39 is 5.60 Å². The van der Waals surface area contributed by atoms with Gasteiger partial charge in [0.25, 0.3) is 0 Å². The van der Waals surface area contributed by atoms with Crippen molar-refractivity contribution in [3.05, 3.63) is 23.8 Å². The van der Waals surface area contributed by atoms with Crippen molar-refractivity contribution in [2.75, 3.05) is 7.11 Å². The van der Waals surface area contributed by atoms with Crippen molar-refractivity contribution < 1.29 is 14.3 Å². The Bertz CT molecular complexity index is 252. The Labute approximate surface area is 70.7 Å². The molecular formula is C9H10O3. The zero-order valence-corrected chi connectivity index (χ0v) is 6.82. The van der Waals surface area contributed by atoms with Gasteiger partial charge in [-0.1, -0.05) is 12.2 Å². The molecule has 0 aromatic heterocycles. The van der Waals surface area contributed by atoms with Crippen LogP contribution in [-0.2, 0) is 14.3 Å². The molecule has 0 radical (unpaired) electrons. The van der Waals surface area contributed by atoms with Gasteiger partial charge in [-0.05, 0) is 11.6 Å². The molecule has 0 aromatic carbocycles. The Hall–Kier alpha value is -1.22. The van der Waals surface area contributed by atoms with E-state index in [0.717, 1.165) is 6.29 Å². The van der Waals surface area contributed by atoms with Crippen LogP contribution in [-0.4, -0.2) is 25.3 Å². The summed E-state index contributed by atoms with van der Waals surface area (Å²) in [7, 11) is 1.45. The summed E-state index contributed by atoms with van der Waals surface area (Å²) in [6, 6.07) is 0. The fraction of sp³-hybridized carbons (Fsp3) is 0.333. The monoisotopic (exact) mass is 166 g/mol. The number of carbonyl (C=O) groups is 2. The first-order chi connectivity index (χ1) is 5.76. The summed E-state index contributed by atoms with van der Waals surface area (Å²) in [5.74, 6) is 0. The molecule has 0 heterocycles. The lowest BCUT2D eigenvalue weighted by molar-refractivity contribution is -0.122. The van der Waals surface area contributed by atoms with Crippen molar-refractivity contribution >= 4 is 12.6 Å². The summed E-state index contributed by atoms with van der Waals surface area (Å²) in [6.45, 7) is 0. The van der Waals surface area contributed by atoms with Crippen LogP contribution in [0.2, 0.25) is 0 Å². The highest BCUT2D eigenvalue weighted by Gasteiger charge is 2.28. The molecule has 0 fully saturated rings. The Kier molecular flexibility index (Phi) is 2.55. The highest BCUT2D eigenvalue weighted by atomic mass is 16.5. The van der Waals surface area contributed by atoms with Crippen molar-refractivity contribution in [3.8, 4) is 0 Å². The number of allylic oxidation sites excluding steroid dienone is 2. The van der Waals surface area contributed by atoms with Gasteiger partial charge in [-0.3, -0.25) is 9.59 Å². The van der Waals surface area contributed by atoms with Gasteiger partial charge in [-0.2, -0.15) is 0 Å². The van der Waals surface area contributed by atoms with Crippen LogP contribution < -0.4 is 0 Å². The molecule has 1 unspecified atom stereocenters. The molecule has 3 heteroatoms. The first kappa shape index (κ1) is 8.87. The average Bonchev–Trinajstić information content (AvgIpc) is 2.18. The molecule has 1 rings (SSSR count). The molecule has 1 aliphatic rings. The number of rotatable bonds is 3. The Morgan fingerprint density at radius 1 is 1.58 bits per heavy atom. The van der Waals surface area contributed by atoms with Crippen molar-refractivity contribution in [3.63, 3.8) is 0 Å². The predicted octanol–water partition coefficient (Wildman–Crippen LogP) is 0.656. The Morgan fingerprint density at radius 3 is 2.83 bits per heavy atom. The fourth-order valence-corrected chi connectivity index (χ4v) is 1.12. The van der Waals surface area contributed by atoms with E-state index in [2.05, 4.69) is 0 Å². The first-order valence-corrected chi connectivity index (χ1v) is 3.61. The fourth-order valence-electron chi connectivity index (χ4n) is 1.12. The lowest BCUT2D eigenvalue weighted by Gasteiger charge is -2.24. The Morgan fingerprint density at radius 2 is 2.33 bits per heavy atom. The third-order valence-electron chi connectivity index (χ3n) is 1.90. The Balaban J connectivity index is 2.87. The van der Waals surface area contributed by atoms with Crippen LogP contribution in [0.25, 0.3) is 0 Å². The van der Waals surface area contributed by atoms with E-state index in [9.17, 15) is 9.59 Å². The molecule has 1 atom stereocenters. The largest absolute Gasteiger partial charge is 0.366 e. The normalized spacial score (nSPS) is 27.9. The van der Waals surface area contributed by atoms with E-state index >= 15 is 0 Å². The molecule has 64 valence electrons. The van der Waals surface area contributed by atoms with Crippen molar-refractivity contribution in [2.24, 2.45) is 0 Å². The summed E-state index contributed by atoms with van der Waals surface area (Å²) in [5, 5.41) is 0. The smallest absolute Gasteiger partial charge is 0.156 e. The molecule has 0 saturated heterocycles. The number of aldehydes is 2. The van der Waals surface area contributed by atoms with Crippen LogP contribution in [0.4, 0.5) is 0 Å². The molecule has 0 aromatic rings. The van der Waals surface area contributed by atoms with E-state index in [1.807, 2.05) is 0 Å². The summed E-state index contributed by atoms with van der Waals surface area (Å²) in [6.07, 6.45) is 6.75. The molecule has 0 saturated carbocycles. The zero-order chi connectivity index (χ0) is 9.03. The summed E-state index contributed by atoms with van der Waals surface area (Å²) >= 11 is 0. The van der Waals surface area contributed by atoms with Gasteiger partial charge in [-0.25, -0.2) is 0 Å². The highest BCUT2D eigenvalue weighted by molar-refractivity contribution is 5.79. The van der Waals surface area contributed by atoms with Gasteiger partial charge < -0.3 is 4.74 Å². The van der Waals surface area contributed by atoms with Crippen LogP contribution in [0.5, 0.6) is 0 Å². The minimum atomic E-state index is -0.926. The topological polar surface area (TPSA) is 43.4 Å². The van der Waals surface area contributed by atoms with E-state index in [1.165, 1.54) is 7.11 Å². The quantitative estimate of drug-likeness (QED) is 0.578. The number of hydrogen-bond acceptors (Lipinski definition) is 3. The third-order valence-corrected chi connectivity index (χ3v) is 1.90. The highest BCUT2D eigenvalue weighted by Crippen LogP contribution is 2.22. The van der Waals surface area contributed by atoms with Gasteiger partial charge in [0.15, 0.2) is 6.29 Å². The molecule has 1 aliphatic carbocycles. The molecule has 12 heavy (non-hydrogen) atoms. The number of hydrogen-bond donors (Lipinski definition) is 0. The van der Waals surface area contributed by atoms with E-state index in [0.29, 0.717) is 18.3 Å². The number of methoxy groups -OCH3 is 1. The van der Waals surface area contributed by atoms with Crippen molar-refractivity contribution in [2.45, 2.75) is 12.0 Å². The van der Waals surface area contributed by atoms with Crippen LogP contribution in [0, 0.1) is 0 Å². The van der Waals surface area contributed by atoms with Crippen LogP contribution in [0.15, 0.2) is 23.8 Å². The van der Waals surface area contributed by atoms with Gasteiger partial charge in [-0.15, -0.1) is 0 Å². The van der Waals surface area contributed by atoms with Crippen LogP contribution in [0.1, 0.15) is 6.42 Å². The van der Waals surface area contributed by atoms with E-state index in [-0.39, 0.29) is 0 Å². The molecule has 0 amide bonds. The van der Waals surface area contributed by atoms with Gasteiger partial charge in [0.1, 0.15) is 11.9 Å². The zero-order valence-electron chi connectivity index (χ0n) is 6.82. The van der Waals surface area contributed by atoms with Gasteiger partial charge >= 0.3 is 0 Å². The molecule has 0 N–H and O–H groups in total. The van der Waals surface area contributed by atoms with Crippen LogP contribution >= 0.6 is 0 Å². The molecular weight excluding hydrogens is 156 g/mol. The van der Waals surface area contributed by atoms with Gasteiger partial charge in [0.05, 0.1) is 0 Å². The van der Waals surface area contributed by atoms with E-state index in [4.69, 9.17) is 4.74 Å². The summed E-state index contributed by atoms with van der Waals surface area (Å²) in [5.41, 5.74) is -0.350. The lowest BCUT2D eigenvalue weighted by Crippen LogP contribution is -2.32. The molecule has 0 spiro atoms. The minimum Gasteiger partial charge on any atom is -0.366 e. The maximum absolute atomic E-state index is 10.7. The van der Waals surface area contributed by atoms with E-state index in [1.54, 1.807) is 18.2 Å². The number of carbonyl (C=O) groups excluding carboxylic acids is 2. The second kappa shape index (κ2) is 3.45. The maximum Gasteiger partial charge on any atom is 0.156 e. The third kappa shape index (κ3) is 1.51. The predicted molar refractivity (Wildman–Crippen MR) is 43.7 cm³/mol. The first-order valence-electron chi connectivity index (χ1n) is 3.61. The molecule has 0 aliphatic heterocycles. The van der Waals surface area contributed by atoms with Crippen molar-refractivity contribution in [1.29, 1.82) is 0 Å². The number of ether oxygens (including phenoxy) is 1.